The third kappa shape index (κ3) is 3.61. The van der Waals surface area contributed by atoms with E-state index in [9.17, 15) is 4.39 Å². The third-order valence-corrected chi connectivity index (χ3v) is 3.43. The van der Waals surface area contributed by atoms with Crippen LogP contribution in [0.5, 0.6) is 5.75 Å². The van der Waals surface area contributed by atoms with Crippen LogP contribution in [0.3, 0.4) is 0 Å². The highest BCUT2D eigenvalue weighted by Crippen LogP contribution is 2.22. The van der Waals surface area contributed by atoms with Gasteiger partial charge in [0.25, 0.3) is 0 Å². The van der Waals surface area contributed by atoms with Crippen molar-refractivity contribution in [3.05, 3.63) is 47.0 Å². The number of hydrogen-bond acceptors (Lipinski definition) is 3. The van der Waals surface area contributed by atoms with Gasteiger partial charge in [-0.1, -0.05) is 13.0 Å². The van der Waals surface area contributed by atoms with Gasteiger partial charge < -0.3 is 10.5 Å². The number of aryl methyl sites for hydroxylation is 2. The largest absolute Gasteiger partial charge is 0.484 e. The van der Waals surface area contributed by atoms with Crippen LogP contribution in [0.1, 0.15) is 43.8 Å². The molecule has 0 aliphatic rings. The molecule has 2 rings (SSSR count). The van der Waals surface area contributed by atoms with Crippen molar-refractivity contribution in [2.45, 2.75) is 46.4 Å². The zero-order valence-corrected chi connectivity index (χ0v) is 12.8. The Morgan fingerprint density at radius 1 is 1.33 bits per heavy atom. The number of halogens is 1. The van der Waals surface area contributed by atoms with Crippen molar-refractivity contribution in [3.8, 4) is 5.75 Å². The molecule has 0 fully saturated rings. The SMILES string of the molecule is CCc1cc(COc2ccc([C@H](C)N)cc2F)n(CC)n1. The van der Waals surface area contributed by atoms with Crippen LogP contribution >= 0.6 is 0 Å². The lowest BCUT2D eigenvalue weighted by molar-refractivity contribution is 0.278. The maximum absolute atomic E-state index is 14.0. The topological polar surface area (TPSA) is 53.1 Å². The van der Waals surface area contributed by atoms with Crippen LogP contribution in [0, 0.1) is 5.82 Å². The van der Waals surface area contributed by atoms with Crippen LogP contribution < -0.4 is 10.5 Å². The summed E-state index contributed by atoms with van der Waals surface area (Å²) in [7, 11) is 0. The molecule has 2 aromatic rings. The Kier molecular flexibility index (Phi) is 4.96. The summed E-state index contributed by atoms with van der Waals surface area (Å²) in [6.45, 7) is 6.97. The highest BCUT2D eigenvalue weighted by molar-refractivity contribution is 5.31. The zero-order chi connectivity index (χ0) is 15.4. The molecule has 1 atom stereocenters. The zero-order valence-electron chi connectivity index (χ0n) is 12.8. The fourth-order valence-electron chi connectivity index (χ4n) is 2.15. The van der Waals surface area contributed by atoms with Gasteiger partial charge in [0.1, 0.15) is 6.61 Å². The first-order valence-electron chi connectivity index (χ1n) is 7.28. The minimum absolute atomic E-state index is 0.192. The molecule has 0 saturated carbocycles. The van der Waals surface area contributed by atoms with E-state index in [1.807, 2.05) is 24.6 Å². The molecule has 5 heteroatoms. The molecule has 0 bridgehead atoms. The quantitative estimate of drug-likeness (QED) is 0.889. The highest BCUT2D eigenvalue weighted by atomic mass is 19.1. The van der Waals surface area contributed by atoms with Gasteiger partial charge in [-0.25, -0.2) is 4.39 Å². The van der Waals surface area contributed by atoms with Crippen molar-refractivity contribution in [1.29, 1.82) is 0 Å². The molecule has 114 valence electrons. The van der Waals surface area contributed by atoms with E-state index in [4.69, 9.17) is 10.5 Å². The minimum Gasteiger partial charge on any atom is -0.484 e. The maximum atomic E-state index is 14.0. The van der Waals surface area contributed by atoms with Crippen molar-refractivity contribution < 1.29 is 9.13 Å². The van der Waals surface area contributed by atoms with E-state index < -0.39 is 0 Å². The van der Waals surface area contributed by atoms with Gasteiger partial charge in [-0.3, -0.25) is 4.68 Å². The van der Waals surface area contributed by atoms with Crippen molar-refractivity contribution in [2.75, 3.05) is 0 Å². The Balaban J connectivity index is 2.11. The highest BCUT2D eigenvalue weighted by Gasteiger charge is 2.10. The fraction of sp³-hybridized carbons (Fsp3) is 0.438. The molecular weight excluding hydrogens is 269 g/mol. The van der Waals surface area contributed by atoms with Gasteiger partial charge in [0.05, 0.1) is 11.4 Å². The van der Waals surface area contributed by atoms with Crippen LogP contribution in [0.15, 0.2) is 24.3 Å². The lowest BCUT2D eigenvalue weighted by atomic mass is 10.1. The monoisotopic (exact) mass is 291 g/mol. The number of ether oxygens (including phenoxy) is 1. The lowest BCUT2D eigenvalue weighted by Gasteiger charge is -2.11. The normalized spacial score (nSPS) is 12.4. The minimum atomic E-state index is -0.386. The predicted octanol–water partition coefficient (Wildman–Crippen LogP) is 3.20. The second kappa shape index (κ2) is 6.72. The predicted molar refractivity (Wildman–Crippen MR) is 80.6 cm³/mol. The van der Waals surface area contributed by atoms with E-state index in [2.05, 4.69) is 12.0 Å². The van der Waals surface area contributed by atoms with E-state index in [0.29, 0.717) is 6.61 Å². The Morgan fingerprint density at radius 3 is 2.67 bits per heavy atom. The van der Waals surface area contributed by atoms with Gasteiger partial charge in [0.15, 0.2) is 11.6 Å². The number of hydrogen-bond donors (Lipinski definition) is 1. The Morgan fingerprint density at radius 2 is 2.10 bits per heavy atom. The first kappa shape index (κ1) is 15.5. The first-order valence-corrected chi connectivity index (χ1v) is 7.28. The van der Waals surface area contributed by atoms with Gasteiger partial charge in [0, 0.05) is 12.6 Å². The van der Waals surface area contributed by atoms with Crippen LogP contribution in [-0.4, -0.2) is 9.78 Å². The second-order valence-corrected chi connectivity index (χ2v) is 5.06. The van der Waals surface area contributed by atoms with Crippen LogP contribution in [0.4, 0.5) is 4.39 Å². The van der Waals surface area contributed by atoms with Gasteiger partial charge in [-0.2, -0.15) is 5.10 Å². The van der Waals surface area contributed by atoms with Crippen molar-refractivity contribution in [2.24, 2.45) is 5.73 Å². The molecule has 0 aliphatic heterocycles. The number of nitrogens with two attached hydrogens (primary N) is 1. The summed E-state index contributed by atoms with van der Waals surface area (Å²) in [4.78, 5) is 0. The Bertz CT molecular complexity index is 608. The standard InChI is InChI=1S/C16H22FN3O/c1-4-13-9-14(20(5-2)19-13)10-21-16-7-6-12(11(3)18)8-15(16)17/h6-9,11H,4-5,10,18H2,1-3H3/t11-/m0/s1. The molecule has 0 aliphatic carbocycles. The first-order chi connectivity index (χ1) is 10.0. The molecule has 21 heavy (non-hydrogen) atoms. The van der Waals surface area contributed by atoms with Crippen LogP contribution in [0.2, 0.25) is 0 Å². The van der Waals surface area contributed by atoms with Crippen LogP contribution in [0.25, 0.3) is 0 Å². The van der Waals surface area contributed by atoms with Crippen LogP contribution in [-0.2, 0) is 19.6 Å². The summed E-state index contributed by atoms with van der Waals surface area (Å²) in [6, 6.07) is 6.65. The van der Waals surface area contributed by atoms with Gasteiger partial charge >= 0.3 is 0 Å². The smallest absolute Gasteiger partial charge is 0.165 e. The summed E-state index contributed by atoms with van der Waals surface area (Å²) in [5.41, 5.74) is 8.46. The molecule has 1 aromatic carbocycles. The number of benzene rings is 1. The van der Waals surface area contributed by atoms with E-state index in [-0.39, 0.29) is 17.6 Å². The molecule has 4 nitrogen and oxygen atoms in total. The molecule has 1 heterocycles. The van der Waals surface area contributed by atoms with Gasteiger partial charge in [-0.15, -0.1) is 0 Å². The lowest BCUT2D eigenvalue weighted by Crippen LogP contribution is -2.08. The molecule has 0 unspecified atom stereocenters. The molecule has 0 radical (unpaired) electrons. The van der Waals surface area contributed by atoms with Gasteiger partial charge in [-0.05, 0) is 44.0 Å². The fourth-order valence-corrected chi connectivity index (χ4v) is 2.15. The summed E-state index contributed by atoms with van der Waals surface area (Å²) in [6.07, 6.45) is 0.872. The molecule has 0 amide bonds. The average molecular weight is 291 g/mol. The van der Waals surface area contributed by atoms with E-state index >= 15 is 0 Å². The van der Waals surface area contributed by atoms with E-state index in [0.717, 1.165) is 29.9 Å². The molecule has 2 N–H and O–H groups in total. The van der Waals surface area contributed by atoms with Crippen molar-refractivity contribution in [1.82, 2.24) is 9.78 Å². The molecule has 0 saturated heterocycles. The maximum Gasteiger partial charge on any atom is 0.165 e. The molecule has 0 spiro atoms. The number of rotatable bonds is 6. The van der Waals surface area contributed by atoms with Crippen molar-refractivity contribution in [3.63, 3.8) is 0 Å². The second-order valence-electron chi connectivity index (χ2n) is 5.06. The third-order valence-electron chi connectivity index (χ3n) is 3.43. The molecular formula is C16H22FN3O. The summed E-state index contributed by atoms with van der Waals surface area (Å²) >= 11 is 0. The average Bonchev–Trinajstić information content (AvgIpc) is 2.88. The van der Waals surface area contributed by atoms with Gasteiger partial charge in [0.2, 0.25) is 0 Å². The summed E-state index contributed by atoms with van der Waals surface area (Å²) in [5.74, 6) is -0.149. The summed E-state index contributed by atoms with van der Waals surface area (Å²) in [5, 5.41) is 4.45. The number of aromatic nitrogens is 2. The summed E-state index contributed by atoms with van der Waals surface area (Å²) < 4.78 is 21.4. The molecule has 1 aromatic heterocycles. The Labute approximate surface area is 124 Å². The Hall–Kier alpha value is -1.88. The van der Waals surface area contributed by atoms with E-state index in [1.54, 1.807) is 12.1 Å². The number of nitrogens with zero attached hydrogens (tertiary/aromatic N) is 2. The van der Waals surface area contributed by atoms with Crippen molar-refractivity contribution >= 4 is 0 Å². The van der Waals surface area contributed by atoms with E-state index in [1.165, 1.54) is 6.07 Å².